The number of nitrogen functional groups attached to an aromatic ring is 1. The van der Waals surface area contributed by atoms with Gasteiger partial charge in [0.15, 0.2) is 0 Å². The zero-order valence-corrected chi connectivity index (χ0v) is 10.8. The monoisotopic (exact) mass is 243 g/mol. The minimum atomic E-state index is -0.953. The van der Waals surface area contributed by atoms with Crippen LogP contribution in [-0.4, -0.2) is 21.5 Å². The second-order valence-corrected chi connectivity index (χ2v) is 6.17. The van der Waals surface area contributed by atoms with Gasteiger partial charge in [0.1, 0.15) is 0 Å². The molecule has 1 aromatic carbocycles. The molecule has 0 radical (unpaired) electrons. The number of thioether (sulfide) groups is 1. The van der Waals surface area contributed by atoms with Crippen LogP contribution in [0.25, 0.3) is 0 Å². The summed E-state index contributed by atoms with van der Waals surface area (Å²) < 4.78 is 11.9. The highest BCUT2D eigenvalue weighted by Gasteiger charge is 2.08. The van der Waals surface area contributed by atoms with Crippen molar-refractivity contribution in [1.82, 2.24) is 0 Å². The molecule has 1 atom stereocenters. The van der Waals surface area contributed by atoms with E-state index >= 15 is 0 Å². The molecule has 1 rings (SSSR count). The van der Waals surface area contributed by atoms with Gasteiger partial charge >= 0.3 is 0 Å². The first-order valence-electron chi connectivity index (χ1n) is 4.98. The third-order valence-corrected chi connectivity index (χ3v) is 4.73. The molecular weight excluding hydrogens is 226 g/mol. The van der Waals surface area contributed by atoms with Crippen molar-refractivity contribution in [2.45, 2.75) is 18.7 Å². The summed E-state index contributed by atoms with van der Waals surface area (Å²) >= 11 is 1.81. The lowest BCUT2D eigenvalue weighted by molar-refractivity contribution is 0.684. The summed E-state index contributed by atoms with van der Waals surface area (Å²) in [5.74, 6) is 2.68. The van der Waals surface area contributed by atoms with Gasteiger partial charge < -0.3 is 5.73 Å². The Morgan fingerprint density at radius 1 is 1.47 bits per heavy atom. The molecule has 0 fully saturated rings. The molecule has 0 saturated heterocycles. The smallest absolute Gasteiger partial charge is 0.0620 e. The Morgan fingerprint density at radius 3 is 2.87 bits per heavy atom. The number of anilines is 1. The molecule has 0 bridgehead atoms. The average Bonchev–Trinajstić information content (AvgIpc) is 2.22. The van der Waals surface area contributed by atoms with Gasteiger partial charge in [-0.05, 0) is 24.3 Å². The summed E-state index contributed by atoms with van der Waals surface area (Å²) in [7, 11) is -0.953. The van der Waals surface area contributed by atoms with Crippen LogP contribution in [0, 0.1) is 6.92 Å². The lowest BCUT2D eigenvalue weighted by Gasteiger charge is -2.07. The SMILES string of the molecule is CCSCCS(=O)c1cccc(C)c1N. The maximum atomic E-state index is 11.9. The molecule has 0 aliphatic rings. The number of rotatable bonds is 5. The van der Waals surface area contributed by atoms with E-state index in [0.29, 0.717) is 11.4 Å². The van der Waals surface area contributed by atoms with E-state index in [9.17, 15) is 4.21 Å². The summed E-state index contributed by atoms with van der Waals surface area (Å²) in [5, 5.41) is 0. The highest BCUT2D eigenvalue weighted by molar-refractivity contribution is 8.00. The number of nitrogens with two attached hydrogens (primary N) is 1. The van der Waals surface area contributed by atoms with Crippen LogP contribution in [0.15, 0.2) is 23.1 Å². The van der Waals surface area contributed by atoms with Crippen LogP contribution in [0.2, 0.25) is 0 Å². The summed E-state index contributed by atoms with van der Waals surface area (Å²) in [4.78, 5) is 0.784. The van der Waals surface area contributed by atoms with Gasteiger partial charge in [0.05, 0.1) is 21.4 Å². The van der Waals surface area contributed by atoms with Crippen LogP contribution in [0.3, 0.4) is 0 Å². The molecule has 1 aromatic rings. The zero-order valence-electron chi connectivity index (χ0n) is 9.16. The van der Waals surface area contributed by atoms with Crippen molar-refractivity contribution in [3.63, 3.8) is 0 Å². The lowest BCUT2D eigenvalue weighted by Crippen LogP contribution is -2.05. The Labute approximate surface area is 98.1 Å². The number of aryl methyl sites for hydroxylation is 1. The maximum absolute atomic E-state index is 11.9. The molecule has 0 aromatic heterocycles. The summed E-state index contributed by atoms with van der Waals surface area (Å²) in [5.41, 5.74) is 7.57. The van der Waals surface area contributed by atoms with Crippen molar-refractivity contribution < 1.29 is 4.21 Å². The molecule has 0 spiro atoms. The van der Waals surface area contributed by atoms with E-state index in [1.807, 2.05) is 36.9 Å². The fourth-order valence-corrected chi connectivity index (χ4v) is 3.46. The Hall–Kier alpha value is -0.480. The largest absolute Gasteiger partial charge is 0.398 e. The van der Waals surface area contributed by atoms with E-state index in [-0.39, 0.29) is 0 Å². The van der Waals surface area contributed by atoms with Crippen molar-refractivity contribution in [3.8, 4) is 0 Å². The molecule has 0 heterocycles. The molecule has 2 nitrogen and oxygen atoms in total. The van der Waals surface area contributed by atoms with E-state index < -0.39 is 10.8 Å². The van der Waals surface area contributed by atoms with Gasteiger partial charge in [-0.2, -0.15) is 11.8 Å². The Bertz CT molecular complexity index is 352. The van der Waals surface area contributed by atoms with Gasteiger partial charge in [-0.1, -0.05) is 19.1 Å². The van der Waals surface area contributed by atoms with Crippen LogP contribution in [0.4, 0.5) is 5.69 Å². The van der Waals surface area contributed by atoms with Crippen LogP contribution in [-0.2, 0) is 10.8 Å². The van der Waals surface area contributed by atoms with Crippen molar-refractivity contribution in [2.24, 2.45) is 0 Å². The summed E-state index contributed by atoms with van der Waals surface area (Å²) in [6.07, 6.45) is 0. The van der Waals surface area contributed by atoms with E-state index in [1.54, 1.807) is 0 Å². The second kappa shape index (κ2) is 6.18. The average molecular weight is 243 g/mol. The molecule has 0 aliphatic carbocycles. The minimum Gasteiger partial charge on any atom is -0.398 e. The third kappa shape index (κ3) is 3.54. The van der Waals surface area contributed by atoms with Crippen molar-refractivity contribution >= 4 is 28.2 Å². The van der Waals surface area contributed by atoms with Crippen LogP contribution in [0.5, 0.6) is 0 Å². The Balaban J connectivity index is 2.69. The predicted octanol–water partition coefficient (Wildman–Crippen LogP) is 2.44. The summed E-state index contributed by atoms with van der Waals surface area (Å²) in [6, 6.07) is 5.71. The van der Waals surface area contributed by atoms with Crippen molar-refractivity contribution in [3.05, 3.63) is 23.8 Å². The van der Waals surface area contributed by atoms with Gasteiger partial charge in [0, 0.05) is 11.5 Å². The normalized spacial score (nSPS) is 12.7. The number of hydrogen-bond acceptors (Lipinski definition) is 3. The maximum Gasteiger partial charge on any atom is 0.0620 e. The molecule has 0 amide bonds. The van der Waals surface area contributed by atoms with Gasteiger partial charge in [-0.15, -0.1) is 0 Å². The molecule has 0 aliphatic heterocycles. The van der Waals surface area contributed by atoms with Crippen LogP contribution >= 0.6 is 11.8 Å². The highest BCUT2D eigenvalue weighted by Crippen LogP contribution is 2.20. The van der Waals surface area contributed by atoms with Crippen molar-refractivity contribution in [1.29, 1.82) is 0 Å². The van der Waals surface area contributed by atoms with Gasteiger partial charge in [0.25, 0.3) is 0 Å². The fourth-order valence-electron chi connectivity index (χ4n) is 1.24. The van der Waals surface area contributed by atoms with Crippen molar-refractivity contribution in [2.75, 3.05) is 23.0 Å². The molecule has 84 valence electrons. The number of hydrogen-bond donors (Lipinski definition) is 1. The first kappa shape index (κ1) is 12.6. The first-order chi connectivity index (χ1) is 7.16. The molecule has 2 N–H and O–H groups in total. The van der Waals surface area contributed by atoms with E-state index in [2.05, 4.69) is 6.92 Å². The Morgan fingerprint density at radius 2 is 2.20 bits per heavy atom. The molecular formula is C11H17NOS2. The minimum absolute atomic E-state index is 0.678. The van der Waals surface area contributed by atoms with Crippen LogP contribution in [0.1, 0.15) is 12.5 Å². The topological polar surface area (TPSA) is 43.1 Å². The highest BCUT2D eigenvalue weighted by atomic mass is 32.2. The van der Waals surface area contributed by atoms with E-state index in [4.69, 9.17) is 5.73 Å². The standard InChI is InChI=1S/C11H17NOS2/c1-3-14-7-8-15(13)10-6-4-5-9(2)11(10)12/h4-6H,3,7-8,12H2,1-2H3. The summed E-state index contributed by atoms with van der Waals surface area (Å²) in [6.45, 7) is 4.05. The number of para-hydroxylation sites is 1. The predicted molar refractivity (Wildman–Crippen MR) is 69.9 cm³/mol. The Kier molecular flexibility index (Phi) is 5.19. The van der Waals surface area contributed by atoms with E-state index in [0.717, 1.165) is 22.0 Å². The second-order valence-electron chi connectivity index (χ2n) is 3.23. The quantitative estimate of drug-likeness (QED) is 0.638. The molecule has 1 unspecified atom stereocenters. The third-order valence-electron chi connectivity index (χ3n) is 2.15. The van der Waals surface area contributed by atoms with Gasteiger partial charge in [0.2, 0.25) is 0 Å². The number of benzene rings is 1. The zero-order chi connectivity index (χ0) is 11.3. The molecule has 15 heavy (non-hydrogen) atoms. The fraction of sp³-hybridized carbons (Fsp3) is 0.455. The molecule has 4 heteroatoms. The molecule has 0 saturated carbocycles. The van der Waals surface area contributed by atoms with Gasteiger partial charge in [-0.25, -0.2) is 0 Å². The van der Waals surface area contributed by atoms with Crippen LogP contribution < -0.4 is 5.73 Å². The van der Waals surface area contributed by atoms with Gasteiger partial charge in [-0.3, -0.25) is 4.21 Å². The van der Waals surface area contributed by atoms with E-state index in [1.165, 1.54) is 0 Å². The lowest BCUT2D eigenvalue weighted by atomic mass is 10.2. The first-order valence-corrected chi connectivity index (χ1v) is 7.45.